The molecule has 7 heteroatoms. The van der Waals surface area contributed by atoms with Crippen LogP contribution < -0.4 is 5.32 Å². The van der Waals surface area contributed by atoms with Gasteiger partial charge >= 0.3 is 5.97 Å². The molecule has 1 aliphatic heterocycles. The maximum absolute atomic E-state index is 13.3. The van der Waals surface area contributed by atoms with Crippen molar-refractivity contribution < 1.29 is 23.9 Å². The molecule has 0 aliphatic carbocycles. The minimum atomic E-state index is -0.796. The van der Waals surface area contributed by atoms with Gasteiger partial charge in [-0.15, -0.1) is 0 Å². The molecule has 1 saturated heterocycles. The van der Waals surface area contributed by atoms with Crippen LogP contribution in [0, 0.1) is 5.92 Å². The van der Waals surface area contributed by atoms with Gasteiger partial charge in [0, 0.05) is 23.3 Å². The molecule has 2 aromatic rings. The molecule has 1 atom stereocenters. The molecule has 1 N–H and O–H groups in total. The third-order valence-corrected chi connectivity index (χ3v) is 5.87. The number of benzene rings is 2. The van der Waals surface area contributed by atoms with E-state index in [9.17, 15) is 19.2 Å². The van der Waals surface area contributed by atoms with Crippen molar-refractivity contribution in [3.05, 3.63) is 95.1 Å². The molecular formula is C31H34N2O5. The Morgan fingerprint density at radius 3 is 1.89 bits per heavy atom. The van der Waals surface area contributed by atoms with Gasteiger partial charge in [0.2, 0.25) is 11.8 Å². The molecule has 0 aromatic heterocycles. The Morgan fingerprint density at radius 2 is 1.42 bits per heavy atom. The maximum atomic E-state index is 13.3. The van der Waals surface area contributed by atoms with E-state index in [2.05, 4.69) is 5.32 Å². The minimum absolute atomic E-state index is 0.115. The molecule has 1 fully saturated rings. The molecule has 1 heterocycles. The molecule has 198 valence electrons. The standard InChI is InChI=1S/C31H34N2O5/c1-4-38-31(37)27(17-22(2)3)32-28(34)15-16-29(35)33-20-25(18-23-11-7-5-8-12-23)30(36)26(21-33)19-24-13-9-6-10-14-24/h5-16,18-19,22,27H,4,17,20-21H2,1-3H3,(H,32,34)/b16-15-,25-18+,26-19+/t27-/m0/s1. The number of carbonyl (C=O) groups excluding carboxylic acids is 4. The Morgan fingerprint density at radius 1 is 0.895 bits per heavy atom. The van der Waals surface area contributed by atoms with E-state index in [1.807, 2.05) is 74.5 Å². The summed E-state index contributed by atoms with van der Waals surface area (Å²) in [5, 5.41) is 2.63. The molecule has 3 rings (SSSR count). The first kappa shape index (κ1) is 28.3. The predicted molar refractivity (Wildman–Crippen MR) is 148 cm³/mol. The number of ketones is 1. The molecular weight excluding hydrogens is 480 g/mol. The number of esters is 1. The highest BCUT2D eigenvalue weighted by atomic mass is 16.5. The topological polar surface area (TPSA) is 92.8 Å². The number of amides is 2. The van der Waals surface area contributed by atoms with E-state index >= 15 is 0 Å². The van der Waals surface area contributed by atoms with Gasteiger partial charge < -0.3 is 15.0 Å². The number of rotatable bonds is 9. The molecule has 2 amide bonds. The highest BCUT2D eigenvalue weighted by Crippen LogP contribution is 2.22. The van der Waals surface area contributed by atoms with Crippen molar-refractivity contribution in [3.8, 4) is 0 Å². The third-order valence-electron chi connectivity index (χ3n) is 5.87. The second kappa shape index (κ2) is 13.9. The zero-order valence-corrected chi connectivity index (χ0v) is 22.1. The van der Waals surface area contributed by atoms with Gasteiger partial charge in [0.15, 0.2) is 5.78 Å². The molecule has 0 radical (unpaired) electrons. The quantitative estimate of drug-likeness (QED) is 0.400. The van der Waals surface area contributed by atoms with E-state index < -0.39 is 23.8 Å². The summed E-state index contributed by atoms with van der Waals surface area (Å²) in [6, 6.07) is 18.1. The SMILES string of the molecule is CCOC(=O)[C@H](CC(C)C)NC(=O)/C=C\C(=O)N1C/C(=C\c2ccccc2)C(=O)/C(=C/c2ccccc2)C1. The molecule has 0 spiro atoms. The first-order valence-electron chi connectivity index (χ1n) is 12.8. The van der Waals surface area contributed by atoms with E-state index in [1.165, 1.54) is 11.0 Å². The highest BCUT2D eigenvalue weighted by Gasteiger charge is 2.28. The maximum Gasteiger partial charge on any atom is 0.328 e. The number of Topliss-reactive ketones (excluding diaryl/α,β-unsaturated/α-hetero) is 1. The number of nitrogens with zero attached hydrogens (tertiary/aromatic N) is 1. The lowest BCUT2D eigenvalue weighted by molar-refractivity contribution is -0.147. The normalized spacial score (nSPS) is 16.7. The zero-order valence-electron chi connectivity index (χ0n) is 22.1. The second-order valence-corrected chi connectivity index (χ2v) is 9.46. The van der Waals surface area contributed by atoms with Crippen molar-refractivity contribution in [1.29, 1.82) is 0 Å². The third kappa shape index (κ3) is 8.40. The lowest BCUT2D eigenvalue weighted by Gasteiger charge is -2.29. The number of hydrogen-bond donors (Lipinski definition) is 1. The summed E-state index contributed by atoms with van der Waals surface area (Å²) in [6.07, 6.45) is 6.27. The van der Waals surface area contributed by atoms with Gasteiger partial charge in [0.25, 0.3) is 0 Å². The molecule has 7 nitrogen and oxygen atoms in total. The van der Waals surface area contributed by atoms with E-state index in [-0.39, 0.29) is 31.4 Å². The molecule has 0 unspecified atom stereocenters. The van der Waals surface area contributed by atoms with Gasteiger partial charge in [-0.2, -0.15) is 0 Å². The summed E-state index contributed by atoms with van der Waals surface area (Å²) < 4.78 is 5.06. The number of carbonyl (C=O) groups is 4. The van der Waals surface area contributed by atoms with E-state index in [0.717, 1.165) is 17.2 Å². The number of nitrogens with one attached hydrogen (secondary N) is 1. The fraction of sp³-hybridized carbons (Fsp3) is 0.290. The van der Waals surface area contributed by atoms with Crippen LogP contribution in [0.5, 0.6) is 0 Å². The molecule has 1 aliphatic rings. The Kier molecular flexibility index (Phi) is 10.3. The van der Waals surface area contributed by atoms with Crippen LogP contribution >= 0.6 is 0 Å². The Bertz CT molecular complexity index is 1170. The van der Waals surface area contributed by atoms with Crippen molar-refractivity contribution in [2.75, 3.05) is 19.7 Å². The number of hydrogen-bond acceptors (Lipinski definition) is 5. The summed E-state index contributed by atoms with van der Waals surface area (Å²) in [4.78, 5) is 52.7. The van der Waals surface area contributed by atoms with Crippen LogP contribution in [-0.2, 0) is 23.9 Å². The highest BCUT2D eigenvalue weighted by molar-refractivity contribution is 6.15. The summed E-state index contributed by atoms with van der Waals surface area (Å²) in [6.45, 7) is 6.03. The Balaban J connectivity index is 1.80. The average molecular weight is 515 g/mol. The van der Waals surface area contributed by atoms with Crippen molar-refractivity contribution >= 4 is 35.7 Å². The first-order chi connectivity index (χ1) is 18.3. The van der Waals surface area contributed by atoms with Crippen molar-refractivity contribution in [3.63, 3.8) is 0 Å². The first-order valence-corrected chi connectivity index (χ1v) is 12.8. The lowest BCUT2D eigenvalue weighted by Crippen LogP contribution is -2.42. The number of piperidine rings is 1. The van der Waals surface area contributed by atoms with E-state index in [0.29, 0.717) is 17.6 Å². The van der Waals surface area contributed by atoms with Crippen molar-refractivity contribution in [2.45, 2.75) is 33.2 Å². The summed E-state index contributed by atoms with van der Waals surface area (Å²) in [7, 11) is 0. The zero-order chi connectivity index (χ0) is 27.5. The molecule has 2 aromatic carbocycles. The van der Waals surface area contributed by atoms with Crippen LogP contribution in [0.2, 0.25) is 0 Å². The van der Waals surface area contributed by atoms with E-state index in [4.69, 9.17) is 4.74 Å². The van der Waals surface area contributed by atoms with Crippen LogP contribution in [0.15, 0.2) is 84.0 Å². The van der Waals surface area contributed by atoms with Crippen LogP contribution in [0.1, 0.15) is 38.3 Å². The molecule has 38 heavy (non-hydrogen) atoms. The minimum Gasteiger partial charge on any atom is -0.464 e. The summed E-state index contributed by atoms with van der Waals surface area (Å²) >= 11 is 0. The van der Waals surface area contributed by atoms with Crippen LogP contribution in [0.4, 0.5) is 0 Å². The predicted octanol–water partition coefficient (Wildman–Crippen LogP) is 4.22. The summed E-state index contributed by atoms with van der Waals surface area (Å²) in [5.74, 6) is -1.44. The fourth-order valence-corrected chi connectivity index (χ4v) is 4.10. The van der Waals surface area contributed by atoms with Gasteiger partial charge in [-0.3, -0.25) is 14.4 Å². The Labute approximate surface area is 223 Å². The fourth-order valence-electron chi connectivity index (χ4n) is 4.10. The number of ether oxygens (including phenoxy) is 1. The van der Waals surface area contributed by atoms with Crippen LogP contribution in [0.25, 0.3) is 12.2 Å². The molecule has 0 saturated carbocycles. The van der Waals surface area contributed by atoms with Crippen molar-refractivity contribution in [1.82, 2.24) is 10.2 Å². The van der Waals surface area contributed by atoms with Gasteiger partial charge in [0.1, 0.15) is 6.04 Å². The summed E-state index contributed by atoms with van der Waals surface area (Å²) in [5.41, 5.74) is 2.67. The average Bonchev–Trinajstić information content (AvgIpc) is 2.90. The monoisotopic (exact) mass is 514 g/mol. The largest absolute Gasteiger partial charge is 0.464 e. The number of likely N-dealkylation sites (tertiary alicyclic amines) is 1. The Hall–Kier alpha value is -4.26. The van der Waals surface area contributed by atoms with Crippen LogP contribution in [-0.4, -0.2) is 54.2 Å². The van der Waals surface area contributed by atoms with Gasteiger partial charge in [-0.25, -0.2) is 4.79 Å². The van der Waals surface area contributed by atoms with Gasteiger partial charge in [-0.1, -0.05) is 74.5 Å². The smallest absolute Gasteiger partial charge is 0.328 e. The second-order valence-electron chi connectivity index (χ2n) is 9.46. The van der Waals surface area contributed by atoms with Crippen LogP contribution in [0.3, 0.4) is 0 Å². The lowest BCUT2D eigenvalue weighted by atomic mass is 9.94. The van der Waals surface area contributed by atoms with Gasteiger partial charge in [-0.05, 0) is 42.5 Å². The van der Waals surface area contributed by atoms with Crippen molar-refractivity contribution in [2.24, 2.45) is 5.92 Å². The van der Waals surface area contributed by atoms with E-state index in [1.54, 1.807) is 19.1 Å². The molecule has 0 bridgehead atoms. The van der Waals surface area contributed by atoms with Gasteiger partial charge in [0.05, 0.1) is 19.7 Å².